The van der Waals surface area contributed by atoms with Gasteiger partial charge in [-0.05, 0) is 43.2 Å². The standard InChI is InChI=1S/C25H29N5O4/c1-32-22-7-3-16(10-18(22)13-31)21-6-2-17-11-26-25(28-24(17)27-21)23-12-29(8-9-34-23)30-19-4-5-20(30)15-33-14-19/h2-3,6-7,10-11,19-20,23,31H,4-5,8-9,12-15H2,1H3. The van der Waals surface area contributed by atoms with Gasteiger partial charge in [-0.3, -0.25) is 0 Å². The molecule has 3 aliphatic rings. The fourth-order valence-corrected chi connectivity index (χ4v) is 5.37. The number of hydrogen-bond acceptors (Lipinski definition) is 9. The second kappa shape index (κ2) is 9.16. The molecular formula is C25H29N5O4. The van der Waals surface area contributed by atoms with Crippen molar-refractivity contribution < 1.29 is 19.3 Å². The van der Waals surface area contributed by atoms with Gasteiger partial charge in [0.2, 0.25) is 0 Å². The van der Waals surface area contributed by atoms with Crippen LogP contribution in [0.1, 0.15) is 30.3 Å². The van der Waals surface area contributed by atoms with Crippen molar-refractivity contribution in [3.8, 4) is 17.0 Å². The van der Waals surface area contributed by atoms with Gasteiger partial charge in [-0.15, -0.1) is 0 Å². The molecule has 0 amide bonds. The monoisotopic (exact) mass is 463 g/mol. The van der Waals surface area contributed by atoms with Crippen LogP contribution in [0, 0.1) is 0 Å². The molecule has 1 N–H and O–H groups in total. The molecule has 3 aromatic rings. The topological polar surface area (TPSA) is 93.1 Å². The van der Waals surface area contributed by atoms with Crippen LogP contribution >= 0.6 is 0 Å². The molecule has 1 aromatic carbocycles. The first kappa shape index (κ1) is 21.8. The van der Waals surface area contributed by atoms with Gasteiger partial charge in [-0.1, -0.05) is 0 Å². The zero-order valence-electron chi connectivity index (χ0n) is 19.3. The number of nitrogens with zero attached hydrogens (tertiary/aromatic N) is 5. The minimum atomic E-state index is -0.201. The fourth-order valence-electron chi connectivity index (χ4n) is 5.37. The van der Waals surface area contributed by atoms with Gasteiger partial charge in [0, 0.05) is 47.9 Å². The van der Waals surface area contributed by atoms with Gasteiger partial charge < -0.3 is 19.3 Å². The molecule has 3 saturated heterocycles. The van der Waals surface area contributed by atoms with Crippen LogP contribution in [0.25, 0.3) is 22.3 Å². The summed E-state index contributed by atoms with van der Waals surface area (Å²) in [5.41, 5.74) is 3.04. The number of benzene rings is 1. The first-order chi connectivity index (χ1) is 16.7. The van der Waals surface area contributed by atoms with E-state index >= 15 is 0 Å². The van der Waals surface area contributed by atoms with E-state index in [2.05, 4.69) is 15.0 Å². The van der Waals surface area contributed by atoms with Crippen LogP contribution in [0.15, 0.2) is 36.5 Å². The molecule has 9 heteroatoms. The fraction of sp³-hybridized carbons (Fsp3) is 0.480. The van der Waals surface area contributed by atoms with E-state index < -0.39 is 0 Å². The van der Waals surface area contributed by atoms with E-state index in [9.17, 15) is 5.11 Å². The highest BCUT2D eigenvalue weighted by molar-refractivity contribution is 5.77. The Balaban J connectivity index is 1.27. The molecule has 2 aromatic heterocycles. The van der Waals surface area contributed by atoms with E-state index in [0.29, 0.717) is 35.9 Å². The van der Waals surface area contributed by atoms with Crippen molar-refractivity contribution in [3.63, 3.8) is 0 Å². The molecule has 3 aliphatic heterocycles. The molecule has 0 radical (unpaired) electrons. The van der Waals surface area contributed by atoms with Crippen LogP contribution in [0.3, 0.4) is 0 Å². The Morgan fingerprint density at radius 1 is 1.12 bits per heavy atom. The van der Waals surface area contributed by atoms with Crippen molar-refractivity contribution in [1.29, 1.82) is 0 Å². The summed E-state index contributed by atoms with van der Waals surface area (Å²) in [5, 5.41) is 15.5. The highest BCUT2D eigenvalue weighted by Gasteiger charge is 2.42. The Morgan fingerprint density at radius 2 is 1.97 bits per heavy atom. The van der Waals surface area contributed by atoms with Gasteiger partial charge >= 0.3 is 0 Å². The predicted octanol–water partition coefficient (Wildman–Crippen LogP) is 2.34. The molecule has 6 rings (SSSR count). The third-order valence-corrected chi connectivity index (χ3v) is 7.07. The number of morpholine rings is 2. The summed E-state index contributed by atoms with van der Waals surface area (Å²) >= 11 is 0. The van der Waals surface area contributed by atoms with Crippen molar-refractivity contribution in [1.82, 2.24) is 25.0 Å². The molecule has 3 atom stereocenters. The largest absolute Gasteiger partial charge is 0.496 e. The number of aliphatic hydroxyl groups is 1. The van der Waals surface area contributed by atoms with Crippen molar-refractivity contribution in [2.24, 2.45) is 0 Å². The normalized spacial score (nSPS) is 25.6. The maximum absolute atomic E-state index is 9.68. The average Bonchev–Trinajstić information content (AvgIpc) is 3.15. The van der Waals surface area contributed by atoms with E-state index in [1.165, 1.54) is 12.8 Å². The van der Waals surface area contributed by atoms with Crippen molar-refractivity contribution in [2.75, 3.05) is 40.0 Å². The molecule has 34 heavy (non-hydrogen) atoms. The van der Waals surface area contributed by atoms with Crippen LogP contribution in [0.2, 0.25) is 0 Å². The smallest absolute Gasteiger partial charge is 0.163 e. The minimum absolute atomic E-state index is 0.0999. The van der Waals surface area contributed by atoms with E-state index in [1.54, 1.807) is 7.11 Å². The number of pyridine rings is 1. The van der Waals surface area contributed by atoms with Crippen LogP contribution < -0.4 is 4.74 Å². The SMILES string of the molecule is COc1ccc(-c2ccc3cnc(C4CN(N5C6CCC5COC6)CCO4)nc3n2)cc1CO. The summed E-state index contributed by atoms with van der Waals surface area (Å²) < 4.78 is 17.2. The Labute approximate surface area is 198 Å². The summed E-state index contributed by atoms with van der Waals surface area (Å²) in [6.45, 7) is 3.77. The number of fused-ring (bicyclic) bond motifs is 3. The van der Waals surface area contributed by atoms with Gasteiger partial charge in [0.1, 0.15) is 11.9 Å². The Hall–Kier alpha value is -2.69. The first-order valence-corrected chi connectivity index (χ1v) is 11.9. The first-order valence-electron chi connectivity index (χ1n) is 11.9. The van der Waals surface area contributed by atoms with Gasteiger partial charge in [-0.25, -0.2) is 25.0 Å². The lowest BCUT2D eigenvalue weighted by atomic mass is 10.1. The van der Waals surface area contributed by atoms with Crippen LogP contribution in [-0.4, -0.2) is 82.2 Å². The van der Waals surface area contributed by atoms with E-state index in [1.807, 2.05) is 36.5 Å². The van der Waals surface area contributed by atoms with E-state index in [4.69, 9.17) is 24.2 Å². The summed E-state index contributed by atoms with van der Waals surface area (Å²) in [7, 11) is 1.60. The third kappa shape index (κ3) is 3.93. The van der Waals surface area contributed by atoms with Crippen molar-refractivity contribution in [3.05, 3.63) is 47.9 Å². The van der Waals surface area contributed by atoms with Gasteiger partial charge in [0.15, 0.2) is 11.5 Å². The highest BCUT2D eigenvalue weighted by atomic mass is 16.5. The quantitative estimate of drug-likeness (QED) is 0.612. The number of rotatable bonds is 5. The number of hydrogen-bond donors (Lipinski definition) is 1. The Morgan fingerprint density at radius 3 is 2.76 bits per heavy atom. The van der Waals surface area contributed by atoms with Gasteiger partial charge in [0.05, 0.1) is 39.2 Å². The maximum atomic E-state index is 9.68. The molecule has 0 aliphatic carbocycles. The Bertz CT molecular complexity index is 1180. The lowest BCUT2D eigenvalue weighted by Gasteiger charge is -2.45. The maximum Gasteiger partial charge on any atom is 0.163 e. The molecule has 9 nitrogen and oxygen atoms in total. The summed E-state index contributed by atoms with van der Waals surface area (Å²) in [5.74, 6) is 1.32. The second-order valence-corrected chi connectivity index (χ2v) is 9.10. The molecular weight excluding hydrogens is 434 g/mol. The summed E-state index contributed by atoms with van der Waals surface area (Å²) in [4.78, 5) is 14.2. The summed E-state index contributed by atoms with van der Waals surface area (Å²) in [6, 6.07) is 10.5. The molecule has 2 bridgehead atoms. The molecule has 3 unspecified atom stereocenters. The van der Waals surface area contributed by atoms with Crippen LogP contribution in [-0.2, 0) is 16.1 Å². The van der Waals surface area contributed by atoms with Crippen molar-refractivity contribution >= 4 is 11.0 Å². The van der Waals surface area contributed by atoms with E-state index in [-0.39, 0.29) is 12.7 Å². The summed E-state index contributed by atoms with van der Waals surface area (Å²) in [6.07, 6.45) is 4.00. The molecule has 178 valence electrons. The number of ether oxygens (including phenoxy) is 3. The highest BCUT2D eigenvalue weighted by Crippen LogP contribution is 2.33. The lowest BCUT2D eigenvalue weighted by molar-refractivity contribution is -0.181. The minimum Gasteiger partial charge on any atom is -0.496 e. The second-order valence-electron chi connectivity index (χ2n) is 9.10. The molecule has 3 fully saturated rings. The number of methoxy groups -OCH3 is 1. The van der Waals surface area contributed by atoms with Crippen molar-refractivity contribution in [2.45, 2.75) is 37.6 Å². The zero-order chi connectivity index (χ0) is 23.1. The predicted molar refractivity (Wildman–Crippen MR) is 125 cm³/mol. The Kier molecular flexibility index (Phi) is 5.88. The van der Waals surface area contributed by atoms with E-state index in [0.717, 1.165) is 48.5 Å². The van der Waals surface area contributed by atoms with Crippen LogP contribution in [0.5, 0.6) is 5.75 Å². The van der Waals surface area contributed by atoms with Crippen LogP contribution in [0.4, 0.5) is 0 Å². The number of aromatic nitrogens is 3. The van der Waals surface area contributed by atoms with Gasteiger partial charge in [-0.2, -0.15) is 0 Å². The number of hydrazine groups is 1. The molecule has 0 spiro atoms. The molecule has 0 saturated carbocycles. The van der Waals surface area contributed by atoms with Gasteiger partial charge in [0.25, 0.3) is 0 Å². The zero-order valence-corrected chi connectivity index (χ0v) is 19.3. The third-order valence-electron chi connectivity index (χ3n) is 7.07. The number of aliphatic hydroxyl groups excluding tert-OH is 1. The average molecular weight is 464 g/mol. The lowest BCUT2D eigenvalue weighted by Crippen LogP contribution is -2.58. The molecule has 5 heterocycles.